The highest BCUT2D eigenvalue weighted by Crippen LogP contribution is 2.40. The number of pyridine rings is 1. The zero-order valence-electron chi connectivity index (χ0n) is 14.6. The van der Waals surface area contributed by atoms with Crippen LogP contribution in [0.5, 0.6) is 0 Å². The Morgan fingerprint density at radius 2 is 2.07 bits per heavy atom. The van der Waals surface area contributed by atoms with E-state index in [1.807, 2.05) is 30.3 Å². The van der Waals surface area contributed by atoms with E-state index < -0.39 is 0 Å². The number of carbonyl (C=O) groups is 1. The van der Waals surface area contributed by atoms with Gasteiger partial charge in [-0.3, -0.25) is 9.78 Å². The van der Waals surface area contributed by atoms with Crippen molar-refractivity contribution in [2.24, 2.45) is 0 Å². The summed E-state index contributed by atoms with van der Waals surface area (Å²) in [5.74, 6) is 0.530. The molecule has 1 aliphatic heterocycles. The lowest BCUT2D eigenvalue weighted by atomic mass is 10.0. The second-order valence-corrected chi connectivity index (χ2v) is 6.40. The third-order valence-electron chi connectivity index (χ3n) is 4.67. The molecule has 28 heavy (non-hydrogen) atoms. The number of carbonyl (C=O) groups excluding carboxylic acids is 1. The Morgan fingerprint density at radius 1 is 1.11 bits per heavy atom. The Hall–Kier alpha value is -3.94. The van der Waals surface area contributed by atoms with Gasteiger partial charge in [0.25, 0.3) is 5.91 Å². The molecule has 5 rings (SSSR count). The Balaban J connectivity index is 1.51. The Kier molecular flexibility index (Phi) is 3.86. The molecule has 0 aliphatic carbocycles. The number of hydrogen-bond donors (Lipinski definition) is 1. The Labute approximate surface area is 159 Å². The summed E-state index contributed by atoms with van der Waals surface area (Å²) >= 11 is 0. The maximum absolute atomic E-state index is 13.0. The van der Waals surface area contributed by atoms with Crippen LogP contribution in [0, 0.1) is 0 Å². The molecule has 138 valence electrons. The first kappa shape index (κ1) is 16.2. The number of rotatable bonds is 4. The third kappa shape index (κ3) is 2.81. The minimum Gasteiger partial charge on any atom is -0.446 e. The van der Waals surface area contributed by atoms with Crippen molar-refractivity contribution in [3.8, 4) is 0 Å². The molecule has 1 aliphatic rings. The smallest absolute Gasteiger partial charge is 0.293 e. The average molecular weight is 373 g/mol. The van der Waals surface area contributed by atoms with E-state index in [4.69, 9.17) is 8.94 Å². The molecule has 1 atom stereocenters. The van der Waals surface area contributed by atoms with Crippen molar-refractivity contribution in [1.82, 2.24) is 20.0 Å². The predicted octanol–water partition coefficient (Wildman–Crippen LogP) is 3.55. The second kappa shape index (κ2) is 6.66. The maximum Gasteiger partial charge on any atom is 0.293 e. The molecule has 0 radical (unpaired) electrons. The summed E-state index contributed by atoms with van der Waals surface area (Å²) < 4.78 is 10.6. The highest BCUT2D eigenvalue weighted by atomic mass is 16.5. The van der Waals surface area contributed by atoms with E-state index in [2.05, 4.69) is 20.4 Å². The van der Waals surface area contributed by atoms with Crippen molar-refractivity contribution in [3.05, 3.63) is 90.2 Å². The molecule has 0 bridgehead atoms. The molecule has 3 aromatic heterocycles. The fourth-order valence-corrected chi connectivity index (χ4v) is 3.46. The van der Waals surface area contributed by atoms with Gasteiger partial charge < -0.3 is 19.2 Å². The summed E-state index contributed by atoms with van der Waals surface area (Å²) in [5, 5.41) is 6.96. The second-order valence-electron chi connectivity index (χ2n) is 6.40. The lowest BCUT2D eigenvalue weighted by Gasteiger charge is -2.22. The highest BCUT2D eigenvalue weighted by molar-refractivity contribution is 5.92. The zero-order valence-corrected chi connectivity index (χ0v) is 14.6. The summed E-state index contributed by atoms with van der Waals surface area (Å²) in [5.41, 5.74) is 3.81. The number of hydrogen-bond acceptors (Lipinski definition) is 7. The molecule has 8 nitrogen and oxygen atoms in total. The molecule has 0 unspecified atom stereocenters. The van der Waals surface area contributed by atoms with Crippen molar-refractivity contribution in [2.45, 2.75) is 12.6 Å². The molecule has 0 fully saturated rings. The molecule has 4 aromatic rings. The summed E-state index contributed by atoms with van der Waals surface area (Å²) in [4.78, 5) is 22.8. The minimum atomic E-state index is -0.373. The fourth-order valence-electron chi connectivity index (χ4n) is 3.46. The molecule has 1 aromatic carbocycles. The van der Waals surface area contributed by atoms with E-state index in [0.29, 0.717) is 12.3 Å². The molecule has 4 heterocycles. The van der Waals surface area contributed by atoms with Gasteiger partial charge in [-0.15, -0.1) is 0 Å². The first-order chi connectivity index (χ1) is 13.8. The summed E-state index contributed by atoms with van der Waals surface area (Å²) in [6.07, 6.45) is 7.92. The van der Waals surface area contributed by atoms with E-state index in [0.717, 1.165) is 22.5 Å². The lowest BCUT2D eigenvalue weighted by molar-refractivity contribution is 0.0661. The quantitative estimate of drug-likeness (QED) is 0.584. The number of oxazole rings is 1. The SMILES string of the molecule is O=C(c1ccno1)N1Cc2cc(Nc3cccnc3)ccc2[C@@H]1c1cnco1. The van der Waals surface area contributed by atoms with Crippen LogP contribution < -0.4 is 5.32 Å². The molecule has 1 N–H and O–H groups in total. The summed E-state index contributed by atoms with van der Waals surface area (Å²) in [6, 6.07) is 11.0. The van der Waals surface area contributed by atoms with Gasteiger partial charge in [0, 0.05) is 24.5 Å². The average Bonchev–Trinajstić information content (AvgIpc) is 3.47. The summed E-state index contributed by atoms with van der Waals surface area (Å²) in [7, 11) is 0. The number of fused-ring (bicyclic) bond motifs is 1. The van der Waals surface area contributed by atoms with Gasteiger partial charge in [-0.25, -0.2) is 4.98 Å². The van der Waals surface area contributed by atoms with E-state index in [1.54, 1.807) is 29.6 Å². The van der Waals surface area contributed by atoms with Gasteiger partial charge in [0.15, 0.2) is 12.2 Å². The van der Waals surface area contributed by atoms with Crippen LogP contribution in [-0.4, -0.2) is 25.9 Å². The van der Waals surface area contributed by atoms with Crippen LogP contribution in [0.15, 0.2) is 76.5 Å². The Morgan fingerprint density at radius 3 is 2.82 bits per heavy atom. The van der Waals surface area contributed by atoms with Crippen LogP contribution in [0.1, 0.15) is 33.5 Å². The van der Waals surface area contributed by atoms with Crippen LogP contribution in [0.25, 0.3) is 0 Å². The predicted molar refractivity (Wildman–Crippen MR) is 98.7 cm³/mol. The number of aromatic nitrogens is 3. The lowest BCUT2D eigenvalue weighted by Crippen LogP contribution is -2.29. The minimum absolute atomic E-state index is 0.186. The number of benzene rings is 1. The molecule has 0 saturated heterocycles. The van der Waals surface area contributed by atoms with Gasteiger partial charge >= 0.3 is 0 Å². The zero-order chi connectivity index (χ0) is 18.9. The van der Waals surface area contributed by atoms with Crippen molar-refractivity contribution >= 4 is 17.3 Å². The van der Waals surface area contributed by atoms with Gasteiger partial charge in [-0.1, -0.05) is 11.2 Å². The topological polar surface area (TPSA) is 97.3 Å². The Bertz CT molecular complexity index is 1090. The normalized spacial score (nSPS) is 15.4. The molecule has 0 spiro atoms. The van der Waals surface area contributed by atoms with Gasteiger partial charge in [-0.05, 0) is 35.4 Å². The molecule has 0 saturated carbocycles. The van der Waals surface area contributed by atoms with Crippen LogP contribution in [-0.2, 0) is 6.54 Å². The van der Waals surface area contributed by atoms with Crippen molar-refractivity contribution in [1.29, 1.82) is 0 Å². The van der Waals surface area contributed by atoms with E-state index in [1.165, 1.54) is 12.6 Å². The van der Waals surface area contributed by atoms with E-state index in [-0.39, 0.29) is 17.7 Å². The van der Waals surface area contributed by atoms with Crippen molar-refractivity contribution in [3.63, 3.8) is 0 Å². The molecular weight excluding hydrogens is 358 g/mol. The van der Waals surface area contributed by atoms with Crippen LogP contribution >= 0.6 is 0 Å². The van der Waals surface area contributed by atoms with Gasteiger partial charge in [0.05, 0.1) is 24.3 Å². The number of nitrogens with one attached hydrogen (secondary N) is 1. The van der Waals surface area contributed by atoms with Gasteiger partial charge in [0.1, 0.15) is 6.04 Å². The first-order valence-electron chi connectivity index (χ1n) is 8.69. The van der Waals surface area contributed by atoms with Crippen molar-refractivity contribution < 1.29 is 13.7 Å². The number of anilines is 2. The number of nitrogens with zero attached hydrogens (tertiary/aromatic N) is 4. The summed E-state index contributed by atoms with van der Waals surface area (Å²) in [6.45, 7) is 0.419. The van der Waals surface area contributed by atoms with E-state index >= 15 is 0 Å². The monoisotopic (exact) mass is 373 g/mol. The molecule has 1 amide bonds. The molecule has 8 heteroatoms. The highest BCUT2D eigenvalue weighted by Gasteiger charge is 2.38. The first-order valence-corrected chi connectivity index (χ1v) is 8.69. The number of amides is 1. The van der Waals surface area contributed by atoms with Gasteiger partial charge in [0.2, 0.25) is 5.76 Å². The van der Waals surface area contributed by atoms with Crippen LogP contribution in [0.3, 0.4) is 0 Å². The van der Waals surface area contributed by atoms with Crippen LogP contribution in [0.4, 0.5) is 11.4 Å². The van der Waals surface area contributed by atoms with Crippen LogP contribution in [0.2, 0.25) is 0 Å². The fraction of sp³-hybridized carbons (Fsp3) is 0.100. The molecular formula is C20H15N5O3. The van der Waals surface area contributed by atoms with Gasteiger partial charge in [-0.2, -0.15) is 0 Å². The maximum atomic E-state index is 13.0. The standard InChI is InChI=1S/C20H15N5O3/c26-20(17-5-7-23-28-17)25-11-13-8-14(24-15-2-1-6-21-9-15)3-4-16(13)19(25)18-10-22-12-27-18/h1-10,12,19,24H,11H2/t19-/m1/s1. The van der Waals surface area contributed by atoms with E-state index in [9.17, 15) is 4.79 Å². The largest absolute Gasteiger partial charge is 0.446 e. The third-order valence-corrected chi connectivity index (χ3v) is 4.67. The van der Waals surface area contributed by atoms with Crippen molar-refractivity contribution in [2.75, 3.05) is 5.32 Å².